The van der Waals surface area contributed by atoms with Gasteiger partial charge < -0.3 is 26.0 Å². The first-order chi connectivity index (χ1) is 15.3. The number of nitrogens with one attached hydrogen (secondary N) is 1. The number of aliphatic hydroxyl groups is 1. The van der Waals surface area contributed by atoms with Crippen LogP contribution in [-0.2, 0) is 22.6 Å². The summed E-state index contributed by atoms with van der Waals surface area (Å²) in [5, 5.41) is 18.4. The van der Waals surface area contributed by atoms with Crippen LogP contribution in [0.4, 0.5) is 11.4 Å². The number of amides is 2. The minimum absolute atomic E-state index is 0.110. The zero-order chi connectivity index (χ0) is 22.8. The van der Waals surface area contributed by atoms with Gasteiger partial charge in [0.05, 0.1) is 23.5 Å². The summed E-state index contributed by atoms with van der Waals surface area (Å²) >= 11 is 1.60. The molecule has 0 spiro atoms. The highest BCUT2D eigenvalue weighted by molar-refractivity contribution is 7.07. The van der Waals surface area contributed by atoms with Crippen molar-refractivity contribution in [1.29, 1.82) is 0 Å². The summed E-state index contributed by atoms with van der Waals surface area (Å²) < 4.78 is 0. The van der Waals surface area contributed by atoms with Crippen molar-refractivity contribution in [2.24, 2.45) is 11.7 Å². The van der Waals surface area contributed by atoms with Crippen molar-refractivity contribution in [3.63, 3.8) is 0 Å². The quantitative estimate of drug-likeness (QED) is 0.595. The highest BCUT2D eigenvalue weighted by Gasteiger charge is 2.38. The lowest BCUT2D eigenvalue weighted by Crippen LogP contribution is -2.58. The SMILES string of the molecule is CC(C)C[C@@H](N)C(=O)NC1Cc2cccc(N3CCCC3=O)c2N(Cc2ccsc2)C1O. The van der Waals surface area contributed by atoms with Gasteiger partial charge in [0.25, 0.3) is 0 Å². The predicted octanol–water partition coefficient (Wildman–Crippen LogP) is 2.61. The smallest absolute Gasteiger partial charge is 0.237 e. The van der Waals surface area contributed by atoms with Crippen molar-refractivity contribution < 1.29 is 14.7 Å². The van der Waals surface area contributed by atoms with Crippen LogP contribution in [0.15, 0.2) is 35.0 Å². The van der Waals surface area contributed by atoms with Gasteiger partial charge in [0.2, 0.25) is 11.8 Å². The lowest BCUT2D eigenvalue weighted by Gasteiger charge is -2.43. The van der Waals surface area contributed by atoms with Crippen molar-refractivity contribution in [2.75, 3.05) is 16.3 Å². The van der Waals surface area contributed by atoms with Gasteiger partial charge in [0, 0.05) is 19.5 Å². The highest BCUT2D eigenvalue weighted by Crippen LogP contribution is 2.41. The first kappa shape index (κ1) is 22.8. The monoisotopic (exact) mass is 456 g/mol. The molecule has 2 unspecified atom stereocenters. The van der Waals surface area contributed by atoms with Crippen LogP contribution in [0.3, 0.4) is 0 Å². The molecular formula is C24H32N4O3S. The van der Waals surface area contributed by atoms with E-state index >= 15 is 0 Å². The molecule has 3 atom stereocenters. The molecule has 0 bridgehead atoms. The average molecular weight is 457 g/mol. The van der Waals surface area contributed by atoms with Gasteiger partial charge >= 0.3 is 0 Å². The molecule has 1 aromatic carbocycles. The number of nitrogens with two attached hydrogens (primary N) is 1. The van der Waals surface area contributed by atoms with E-state index in [1.165, 1.54) is 0 Å². The number of nitrogens with zero attached hydrogens (tertiary/aromatic N) is 2. The molecule has 8 heteroatoms. The molecule has 172 valence electrons. The van der Waals surface area contributed by atoms with Crippen molar-refractivity contribution in [2.45, 2.75) is 64.4 Å². The largest absolute Gasteiger partial charge is 0.371 e. The molecular weight excluding hydrogens is 424 g/mol. The Kier molecular flexibility index (Phi) is 6.83. The summed E-state index contributed by atoms with van der Waals surface area (Å²) in [4.78, 5) is 29.0. The van der Waals surface area contributed by atoms with Gasteiger partial charge in [0.1, 0.15) is 6.23 Å². The maximum atomic E-state index is 12.7. The van der Waals surface area contributed by atoms with Gasteiger partial charge in [-0.05, 0) is 59.2 Å². The normalized spacial score (nSPS) is 21.7. The minimum atomic E-state index is -0.934. The van der Waals surface area contributed by atoms with Crippen LogP contribution in [0.2, 0.25) is 0 Å². The first-order valence-corrected chi connectivity index (χ1v) is 12.2. The van der Waals surface area contributed by atoms with Crippen molar-refractivity contribution in [3.8, 4) is 0 Å². The average Bonchev–Trinajstić information content (AvgIpc) is 3.41. The van der Waals surface area contributed by atoms with Gasteiger partial charge in [-0.3, -0.25) is 9.59 Å². The molecule has 4 rings (SSSR count). The standard InChI is InChI=1S/C24H32N4O3S/c1-15(2)11-18(25)23(30)26-19-12-17-5-3-6-20(27-9-4-7-21(27)29)22(17)28(24(19)31)13-16-8-10-32-14-16/h3,5-6,8,10,14-15,18-19,24,31H,4,7,9,11-13,25H2,1-2H3,(H,26,30)/t18-,19?,24?/m1/s1. The van der Waals surface area contributed by atoms with Crippen molar-refractivity contribution in [3.05, 3.63) is 46.2 Å². The number of anilines is 2. The Labute approximate surface area is 193 Å². The molecule has 32 heavy (non-hydrogen) atoms. The number of rotatable bonds is 7. The van der Waals surface area contributed by atoms with Crippen molar-refractivity contribution >= 4 is 34.5 Å². The second-order valence-corrected chi connectivity index (χ2v) is 9.94. The molecule has 1 fully saturated rings. The van der Waals surface area contributed by atoms with E-state index < -0.39 is 18.3 Å². The van der Waals surface area contributed by atoms with Gasteiger partial charge in [-0.1, -0.05) is 26.0 Å². The van der Waals surface area contributed by atoms with Crippen LogP contribution < -0.4 is 20.9 Å². The number of thiophene rings is 1. The highest BCUT2D eigenvalue weighted by atomic mass is 32.1. The fourth-order valence-corrected chi connectivity index (χ4v) is 5.33. The number of carbonyl (C=O) groups is 2. The Morgan fingerprint density at radius 2 is 2.16 bits per heavy atom. The van der Waals surface area contributed by atoms with Crippen LogP contribution in [0.1, 0.15) is 44.2 Å². The Balaban J connectivity index is 1.67. The number of fused-ring (bicyclic) bond motifs is 1. The molecule has 0 aliphatic carbocycles. The third-order valence-electron chi connectivity index (χ3n) is 6.19. The van der Waals surface area contributed by atoms with E-state index in [9.17, 15) is 14.7 Å². The summed E-state index contributed by atoms with van der Waals surface area (Å²) in [7, 11) is 0. The predicted molar refractivity (Wildman–Crippen MR) is 128 cm³/mol. The van der Waals surface area contributed by atoms with Crippen LogP contribution in [0.25, 0.3) is 0 Å². The number of para-hydroxylation sites is 1. The van der Waals surface area contributed by atoms with E-state index in [0.717, 1.165) is 28.9 Å². The number of hydrogen-bond donors (Lipinski definition) is 3. The van der Waals surface area contributed by atoms with E-state index in [1.807, 2.05) is 53.3 Å². The second kappa shape index (κ2) is 9.60. The Bertz CT molecular complexity index is 962. The van der Waals surface area contributed by atoms with Crippen LogP contribution >= 0.6 is 11.3 Å². The second-order valence-electron chi connectivity index (χ2n) is 9.16. The summed E-state index contributed by atoms with van der Waals surface area (Å²) in [6, 6.07) is 6.84. The van der Waals surface area contributed by atoms with Crippen molar-refractivity contribution in [1.82, 2.24) is 5.32 Å². The third kappa shape index (κ3) is 4.67. The topological polar surface area (TPSA) is 98.9 Å². The van der Waals surface area contributed by atoms with Gasteiger partial charge in [0.15, 0.2) is 0 Å². The molecule has 2 amide bonds. The molecule has 0 radical (unpaired) electrons. The number of benzene rings is 1. The molecule has 4 N–H and O–H groups in total. The molecule has 2 aliphatic heterocycles. The van der Waals surface area contributed by atoms with E-state index in [0.29, 0.717) is 38.3 Å². The van der Waals surface area contributed by atoms with Gasteiger partial charge in [-0.2, -0.15) is 11.3 Å². The van der Waals surface area contributed by atoms with E-state index in [-0.39, 0.29) is 11.8 Å². The van der Waals surface area contributed by atoms with Crippen LogP contribution in [0.5, 0.6) is 0 Å². The number of aliphatic hydroxyl groups excluding tert-OH is 1. The van der Waals surface area contributed by atoms with E-state index in [2.05, 4.69) is 10.7 Å². The Morgan fingerprint density at radius 1 is 1.34 bits per heavy atom. The lowest BCUT2D eigenvalue weighted by molar-refractivity contribution is -0.124. The summed E-state index contributed by atoms with van der Waals surface area (Å²) in [6.07, 6.45) is 1.51. The lowest BCUT2D eigenvalue weighted by atomic mass is 9.93. The molecule has 3 heterocycles. The van der Waals surface area contributed by atoms with Crippen LogP contribution in [-0.4, -0.2) is 41.8 Å². The van der Waals surface area contributed by atoms with Gasteiger partial charge in [-0.25, -0.2) is 0 Å². The van der Waals surface area contributed by atoms with E-state index in [1.54, 1.807) is 11.3 Å². The summed E-state index contributed by atoms with van der Waals surface area (Å²) in [6.45, 7) is 5.23. The third-order valence-corrected chi connectivity index (χ3v) is 6.92. The number of carbonyl (C=O) groups excluding carboxylic acids is 2. The summed E-state index contributed by atoms with van der Waals surface area (Å²) in [5.41, 5.74) is 9.88. The minimum Gasteiger partial charge on any atom is -0.371 e. The molecule has 2 aliphatic rings. The molecule has 1 aromatic heterocycles. The molecule has 7 nitrogen and oxygen atoms in total. The molecule has 0 saturated carbocycles. The van der Waals surface area contributed by atoms with E-state index in [4.69, 9.17) is 5.73 Å². The maximum absolute atomic E-state index is 12.7. The fourth-order valence-electron chi connectivity index (χ4n) is 4.67. The van der Waals surface area contributed by atoms with Gasteiger partial charge in [-0.15, -0.1) is 0 Å². The maximum Gasteiger partial charge on any atom is 0.237 e. The fraction of sp³-hybridized carbons (Fsp3) is 0.500. The zero-order valence-corrected chi connectivity index (χ0v) is 19.5. The molecule has 2 aromatic rings. The Hall–Kier alpha value is -2.42. The first-order valence-electron chi connectivity index (χ1n) is 11.3. The van der Waals surface area contributed by atoms with Crippen LogP contribution in [0, 0.1) is 5.92 Å². The zero-order valence-electron chi connectivity index (χ0n) is 18.7. The molecule has 1 saturated heterocycles. The summed E-state index contributed by atoms with van der Waals surface area (Å²) in [5.74, 6) is 0.175. The number of hydrogen-bond acceptors (Lipinski definition) is 6. The Morgan fingerprint density at radius 3 is 2.81 bits per heavy atom.